The van der Waals surface area contributed by atoms with Crippen LogP contribution in [0, 0.1) is 0 Å². The molecule has 26 heavy (non-hydrogen) atoms. The van der Waals surface area contributed by atoms with Crippen molar-refractivity contribution in [2.75, 3.05) is 12.4 Å². The van der Waals surface area contributed by atoms with Crippen LogP contribution in [0.2, 0.25) is 0 Å². The number of hydrogen-bond acceptors (Lipinski definition) is 3. The summed E-state index contributed by atoms with van der Waals surface area (Å²) in [5.74, 6) is -1.40. The van der Waals surface area contributed by atoms with Crippen LogP contribution in [0.3, 0.4) is 0 Å². The third kappa shape index (κ3) is 3.39. The van der Waals surface area contributed by atoms with Gasteiger partial charge >= 0.3 is 6.18 Å². The summed E-state index contributed by atoms with van der Waals surface area (Å²) in [7, 11) is 1.47. The smallest absolute Gasteiger partial charge is 0.416 e. The van der Waals surface area contributed by atoms with E-state index in [1.54, 1.807) is 18.2 Å². The minimum Gasteiger partial charge on any atom is -0.497 e. The van der Waals surface area contributed by atoms with E-state index >= 15 is 0 Å². The highest BCUT2D eigenvalue weighted by Crippen LogP contribution is 2.31. The van der Waals surface area contributed by atoms with Crippen LogP contribution in [0.1, 0.15) is 15.9 Å². The minimum atomic E-state index is -4.54. The molecule has 1 heterocycles. The van der Waals surface area contributed by atoms with Crippen molar-refractivity contribution in [2.24, 2.45) is 0 Å². The van der Waals surface area contributed by atoms with Gasteiger partial charge in [0.1, 0.15) is 5.75 Å². The Labute approximate surface area is 145 Å². The van der Waals surface area contributed by atoms with Gasteiger partial charge in [-0.15, -0.1) is 0 Å². The van der Waals surface area contributed by atoms with E-state index in [1.165, 1.54) is 19.4 Å². The van der Waals surface area contributed by atoms with E-state index in [1.807, 2.05) is 0 Å². The molecular formula is C18H13F3N2O3. The van der Waals surface area contributed by atoms with Crippen LogP contribution in [0.15, 0.2) is 48.7 Å². The Morgan fingerprint density at radius 1 is 1.12 bits per heavy atom. The molecule has 0 aliphatic rings. The van der Waals surface area contributed by atoms with Gasteiger partial charge in [-0.3, -0.25) is 9.59 Å². The molecule has 3 aromatic rings. The van der Waals surface area contributed by atoms with E-state index in [0.717, 1.165) is 18.2 Å². The second kappa shape index (κ2) is 6.55. The van der Waals surface area contributed by atoms with Crippen LogP contribution < -0.4 is 10.1 Å². The average Bonchev–Trinajstić information content (AvgIpc) is 3.03. The number of carbonyl (C=O) groups excluding carboxylic acids is 2. The first-order chi connectivity index (χ1) is 12.3. The zero-order chi connectivity index (χ0) is 18.9. The van der Waals surface area contributed by atoms with Gasteiger partial charge in [-0.25, -0.2) is 0 Å². The number of hydrogen-bond donors (Lipinski definition) is 2. The number of fused-ring (bicyclic) bond motifs is 1. The number of aromatic amines is 1. The lowest BCUT2D eigenvalue weighted by Gasteiger charge is -2.09. The molecule has 8 heteroatoms. The quantitative estimate of drug-likeness (QED) is 0.544. The standard InChI is InChI=1S/C18H13F3N2O3/c1-26-12-5-6-15-13(8-12)14(9-22-15)16(24)17(25)23-11-4-2-3-10(7-11)18(19,20)21/h2-9,22H,1H3,(H,23,25). The van der Waals surface area contributed by atoms with Crippen molar-refractivity contribution in [1.82, 2.24) is 4.98 Å². The van der Waals surface area contributed by atoms with Crippen LogP contribution in [0.5, 0.6) is 5.75 Å². The van der Waals surface area contributed by atoms with Gasteiger partial charge in [0.2, 0.25) is 0 Å². The Morgan fingerprint density at radius 2 is 1.88 bits per heavy atom. The molecule has 0 fully saturated rings. The Hall–Kier alpha value is -3.29. The van der Waals surface area contributed by atoms with E-state index in [2.05, 4.69) is 10.3 Å². The predicted molar refractivity (Wildman–Crippen MR) is 89.3 cm³/mol. The van der Waals surface area contributed by atoms with Gasteiger partial charge in [0.25, 0.3) is 11.7 Å². The number of nitrogens with one attached hydrogen (secondary N) is 2. The van der Waals surface area contributed by atoms with Crippen LogP contribution in [-0.2, 0) is 11.0 Å². The van der Waals surface area contributed by atoms with Crippen molar-refractivity contribution in [3.8, 4) is 5.75 Å². The molecule has 1 amide bonds. The van der Waals surface area contributed by atoms with E-state index in [9.17, 15) is 22.8 Å². The number of methoxy groups -OCH3 is 1. The third-order valence-electron chi connectivity index (χ3n) is 3.79. The largest absolute Gasteiger partial charge is 0.497 e. The molecule has 0 saturated heterocycles. The number of aromatic nitrogens is 1. The van der Waals surface area contributed by atoms with Gasteiger partial charge in [0.15, 0.2) is 0 Å². The van der Waals surface area contributed by atoms with Crippen LogP contribution in [0.25, 0.3) is 10.9 Å². The summed E-state index contributed by atoms with van der Waals surface area (Å²) in [6.07, 6.45) is -3.17. The molecular weight excluding hydrogens is 349 g/mol. The highest BCUT2D eigenvalue weighted by Gasteiger charge is 2.30. The second-order valence-electron chi connectivity index (χ2n) is 5.48. The fraction of sp³-hybridized carbons (Fsp3) is 0.111. The molecule has 2 N–H and O–H groups in total. The van der Waals surface area contributed by atoms with E-state index in [-0.39, 0.29) is 11.3 Å². The first-order valence-corrected chi connectivity index (χ1v) is 7.47. The Bertz CT molecular complexity index is 993. The molecule has 3 rings (SSSR count). The molecule has 0 aliphatic carbocycles. The molecule has 0 aliphatic heterocycles. The molecule has 0 unspecified atom stereocenters. The maximum absolute atomic E-state index is 12.7. The third-order valence-corrected chi connectivity index (χ3v) is 3.79. The zero-order valence-corrected chi connectivity index (χ0v) is 13.5. The summed E-state index contributed by atoms with van der Waals surface area (Å²) in [6, 6.07) is 9.05. The zero-order valence-electron chi connectivity index (χ0n) is 13.5. The first-order valence-electron chi connectivity index (χ1n) is 7.47. The molecule has 0 bridgehead atoms. The molecule has 1 aromatic heterocycles. The summed E-state index contributed by atoms with van der Waals surface area (Å²) in [5.41, 5.74) is -0.306. The Balaban J connectivity index is 1.86. The summed E-state index contributed by atoms with van der Waals surface area (Å²) in [5, 5.41) is 2.68. The second-order valence-corrected chi connectivity index (χ2v) is 5.48. The molecule has 0 spiro atoms. The van der Waals surface area contributed by atoms with Gasteiger partial charge in [0.05, 0.1) is 18.2 Å². The van der Waals surface area contributed by atoms with Crippen molar-refractivity contribution in [3.05, 3.63) is 59.8 Å². The number of anilines is 1. The van der Waals surface area contributed by atoms with Crippen molar-refractivity contribution in [1.29, 1.82) is 0 Å². The number of rotatable bonds is 4. The number of H-pyrrole nitrogens is 1. The van der Waals surface area contributed by atoms with Crippen molar-refractivity contribution >= 4 is 28.3 Å². The first kappa shape index (κ1) is 17.5. The highest BCUT2D eigenvalue weighted by molar-refractivity contribution is 6.48. The van der Waals surface area contributed by atoms with Crippen molar-refractivity contribution in [3.63, 3.8) is 0 Å². The number of amides is 1. The number of ketones is 1. The summed E-state index contributed by atoms with van der Waals surface area (Å²) in [4.78, 5) is 27.5. The predicted octanol–water partition coefficient (Wildman–Crippen LogP) is 4.02. The van der Waals surface area contributed by atoms with Crippen molar-refractivity contribution in [2.45, 2.75) is 6.18 Å². The number of benzene rings is 2. The van der Waals surface area contributed by atoms with Crippen LogP contribution >= 0.6 is 0 Å². The van der Waals surface area contributed by atoms with Crippen LogP contribution in [0.4, 0.5) is 18.9 Å². The average molecular weight is 362 g/mol. The van der Waals surface area contributed by atoms with E-state index < -0.39 is 23.4 Å². The number of ether oxygens (including phenoxy) is 1. The fourth-order valence-corrected chi connectivity index (χ4v) is 2.50. The lowest BCUT2D eigenvalue weighted by atomic mass is 10.1. The van der Waals surface area contributed by atoms with E-state index in [4.69, 9.17) is 4.74 Å². The monoisotopic (exact) mass is 362 g/mol. The molecule has 0 saturated carbocycles. The number of Topliss-reactive ketones (excluding diaryl/α,β-unsaturated/α-hetero) is 1. The van der Waals surface area contributed by atoms with Gasteiger partial charge in [-0.1, -0.05) is 6.07 Å². The summed E-state index contributed by atoms with van der Waals surface area (Å²) >= 11 is 0. The van der Waals surface area contributed by atoms with Gasteiger partial charge in [0, 0.05) is 22.8 Å². The highest BCUT2D eigenvalue weighted by atomic mass is 19.4. The maximum Gasteiger partial charge on any atom is 0.416 e. The number of alkyl halides is 3. The number of halogens is 3. The van der Waals surface area contributed by atoms with Gasteiger partial charge in [-0.05, 0) is 36.4 Å². The lowest BCUT2D eigenvalue weighted by Crippen LogP contribution is -2.23. The van der Waals surface area contributed by atoms with Crippen LogP contribution in [-0.4, -0.2) is 23.8 Å². The van der Waals surface area contributed by atoms with Gasteiger partial charge in [-0.2, -0.15) is 13.2 Å². The summed E-state index contributed by atoms with van der Waals surface area (Å²) in [6.45, 7) is 0. The van der Waals surface area contributed by atoms with Crippen molar-refractivity contribution < 1.29 is 27.5 Å². The Morgan fingerprint density at radius 3 is 2.58 bits per heavy atom. The summed E-state index contributed by atoms with van der Waals surface area (Å²) < 4.78 is 43.3. The van der Waals surface area contributed by atoms with E-state index in [0.29, 0.717) is 16.7 Å². The topological polar surface area (TPSA) is 71.2 Å². The minimum absolute atomic E-state index is 0.100. The molecule has 0 atom stereocenters. The molecule has 0 radical (unpaired) electrons. The normalized spacial score (nSPS) is 11.4. The van der Waals surface area contributed by atoms with Gasteiger partial charge < -0.3 is 15.0 Å². The SMILES string of the molecule is COc1ccc2[nH]cc(C(=O)C(=O)Nc3cccc(C(F)(F)F)c3)c2c1. The Kier molecular flexibility index (Phi) is 4.41. The maximum atomic E-state index is 12.7. The molecule has 5 nitrogen and oxygen atoms in total. The fourth-order valence-electron chi connectivity index (χ4n) is 2.50. The number of carbonyl (C=O) groups is 2. The lowest BCUT2D eigenvalue weighted by molar-refractivity contribution is -0.137. The molecule has 134 valence electrons. The molecule has 2 aromatic carbocycles.